The van der Waals surface area contributed by atoms with E-state index in [-0.39, 0.29) is 17.7 Å². The summed E-state index contributed by atoms with van der Waals surface area (Å²) in [6.07, 6.45) is 4.45. The first-order valence-corrected chi connectivity index (χ1v) is 7.65. The fourth-order valence-electron chi connectivity index (χ4n) is 2.81. The van der Waals surface area contributed by atoms with E-state index in [1.165, 1.54) is 19.8 Å². The van der Waals surface area contributed by atoms with E-state index in [4.69, 9.17) is 4.42 Å². The van der Waals surface area contributed by atoms with Crippen molar-refractivity contribution in [3.8, 4) is 11.3 Å². The van der Waals surface area contributed by atoms with Crippen LogP contribution >= 0.6 is 0 Å². The zero-order valence-electron chi connectivity index (χ0n) is 12.6. The predicted molar refractivity (Wildman–Crippen MR) is 83.9 cm³/mol. The summed E-state index contributed by atoms with van der Waals surface area (Å²) in [7, 11) is 0. The molecule has 1 aliphatic rings. The smallest absolute Gasteiger partial charge is 0.287 e. The highest BCUT2D eigenvalue weighted by atomic mass is 16.3. The van der Waals surface area contributed by atoms with Crippen molar-refractivity contribution in [3.63, 3.8) is 0 Å². The summed E-state index contributed by atoms with van der Waals surface area (Å²) in [6.45, 7) is 1.54. The van der Waals surface area contributed by atoms with Crippen LogP contribution in [0.5, 0.6) is 0 Å². The summed E-state index contributed by atoms with van der Waals surface area (Å²) >= 11 is 0. The van der Waals surface area contributed by atoms with Gasteiger partial charge in [0.05, 0.1) is 0 Å². The summed E-state index contributed by atoms with van der Waals surface area (Å²) in [4.78, 5) is 23.4. The van der Waals surface area contributed by atoms with Crippen molar-refractivity contribution in [3.05, 3.63) is 47.7 Å². The van der Waals surface area contributed by atoms with Crippen molar-refractivity contribution in [2.75, 3.05) is 0 Å². The number of hydrogen-bond acceptors (Lipinski definition) is 3. The monoisotopic (exact) mass is 297 g/mol. The third-order valence-corrected chi connectivity index (χ3v) is 4.10. The molecule has 1 saturated carbocycles. The lowest BCUT2D eigenvalue weighted by atomic mass is 10.1. The first-order chi connectivity index (χ1) is 10.6. The van der Waals surface area contributed by atoms with Gasteiger partial charge in [0.2, 0.25) is 0 Å². The Hall–Kier alpha value is -2.36. The molecule has 0 unspecified atom stereocenters. The molecular weight excluding hydrogens is 278 g/mol. The molecule has 1 fully saturated rings. The van der Waals surface area contributed by atoms with Gasteiger partial charge >= 0.3 is 0 Å². The van der Waals surface area contributed by atoms with Gasteiger partial charge in [-0.3, -0.25) is 9.59 Å². The van der Waals surface area contributed by atoms with Crippen LogP contribution in [0.1, 0.15) is 53.5 Å². The van der Waals surface area contributed by atoms with Crippen molar-refractivity contribution in [2.24, 2.45) is 0 Å². The summed E-state index contributed by atoms with van der Waals surface area (Å²) in [5.74, 6) is 0.838. The quantitative estimate of drug-likeness (QED) is 0.873. The molecule has 1 aromatic heterocycles. The molecule has 1 amide bonds. The van der Waals surface area contributed by atoms with Crippen LogP contribution in [0.4, 0.5) is 0 Å². The van der Waals surface area contributed by atoms with Crippen molar-refractivity contribution in [1.82, 2.24) is 5.32 Å². The van der Waals surface area contributed by atoms with E-state index in [9.17, 15) is 9.59 Å². The molecule has 1 heterocycles. The second-order valence-electron chi connectivity index (χ2n) is 5.75. The fourth-order valence-corrected chi connectivity index (χ4v) is 2.81. The number of carbonyl (C=O) groups is 2. The Labute approximate surface area is 129 Å². The van der Waals surface area contributed by atoms with Gasteiger partial charge in [-0.2, -0.15) is 0 Å². The number of rotatable bonds is 4. The average Bonchev–Trinajstić information content (AvgIpc) is 3.18. The van der Waals surface area contributed by atoms with E-state index in [1.807, 2.05) is 12.1 Å². The van der Waals surface area contributed by atoms with Crippen molar-refractivity contribution < 1.29 is 14.0 Å². The molecule has 4 nitrogen and oxygen atoms in total. The van der Waals surface area contributed by atoms with Crippen LogP contribution < -0.4 is 5.32 Å². The molecule has 0 bridgehead atoms. The van der Waals surface area contributed by atoms with E-state index >= 15 is 0 Å². The lowest BCUT2D eigenvalue weighted by molar-refractivity contribution is 0.0910. The van der Waals surface area contributed by atoms with Gasteiger partial charge in [-0.05, 0) is 31.9 Å². The first kappa shape index (κ1) is 14.6. The van der Waals surface area contributed by atoms with Crippen LogP contribution in [0.15, 0.2) is 40.8 Å². The van der Waals surface area contributed by atoms with Gasteiger partial charge < -0.3 is 9.73 Å². The Morgan fingerprint density at radius 1 is 1.05 bits per heavy atom. The highest BCUT2D eigenvalue weighted by Crippen LogP contribution is 2.23. The van der Waals surface area contributed by atoms with Crippen molar-refractivity contribution >= 4 is 11.7 Å². The zero-order valence-corrected chi connectivity index (χ0v) is 12.6. The number of furan rings is 1. The highest BCUT2D eigenvalue weighted by molar-refractivity contribution is 5.94. The topological polar surface area (TPSA) is 59.3 Å². The minimum Gasteiger partial charge on any atom is -0.451 e. The van der Waals surface area contributed by atoms with E-state index in [0.29, 0.717) is 17.1 Å². The van der Waals surface area contributed by atoms with Crippen LogP contribution in [-0.2, 0) is 0 Å². The van der Waals surface area contributed by atoms with Crippen molar-refractivity contribution in [2.45, 2.75) is 38.6 Å². The molecule has 3 rings (SSSR count). The summed E-state index contributed by atoms with van der Waals surface area (Å²) in [5.41, 5.74) is 1.51. The van der Waals surface area contributed by atoms with Gasteiger partial charge in [-0.25, -0.2) is 0 Å². The Kier molecular flexibility index (Phi) is 4.09. The number of Topliss-reactive ketones (excluding diaryl/α,β-unsaturated/α-hetero) is 1. The first-order valence-electron chi connectivity index (χ1n) is 7.65. The Morgan fingerprint density at radius 3 is 2.36 bits per heavy atom. The maximum Gasteiger partial charge on any atom is 0.287 e. The number of benzene rings is 1. The minimum absolute atomic E-state index is 0.0302. The molecule has 0 aliphatic heterocycles. The van der Waals surface area contributed by atoms with Gasteiger partial charge in [0.15, 0.2) is 11.5 Å². The molecule has 4 heteroatoms. The largest absolute Gasteiger partial charge is 0.451 e. The normalized spacial score (nSPS) is 15.0. The molecule has 1 aromatic carbocycles. The van der Waals surface area contributed by atoms with Gasteiger partial charge in [0, 0.05) is 17.2 Å². The molecule has 2 aromatic rings. The summed E-state index contributed by atoms with van der Waals surface area (Å²) < 4.78 is 5.65. The van der Waals surface area contributed by atoms with Crippen LogP contribution in [0.25, 0.3) is 11.3 Å². The van der Waals surface area contributed by atoms with Gasteiger partial charge in [0.25, 0.3) is 5.91 Å². The average molecular weight is 297 g/mol. The Morgan fingerprint density at radius 2 is 1.73 bits per heavy atom. The minimum atomic E-state index is -0.154. The van der Waals surface area contributed by atoms with Crippen molar-refractivity contribution in [1.29, 1.82) is 0 Å². The van der Waals surface area contributed by atoms with Crippen LogP contribution in [0.3, 0.4) is 0 Å². The third-order valence-electron chi connectivity index (χ3n) is 4.10. The number of hydrogen-bond donors (Lipinski definition) is 1. The van der Waals surface area contributed by atoms with E-state index in [0.717, 1.165) is 18.4 Å². The molecule has 0 radical (unpaired) electrons. The molecule has 1 N–H and O–H groups in total. The van der Waals surface area contributed by atoms with E-state index in [1.54, 1.807) is 24.3 Å². The molecule has 114 valence electrons. The molecular formula is C18H19NO3. The van der Waals surface area contributed by atoms with Crippen LogP contribution in [-0.4, -0.2) is 17.7 Å². The summed E-state index contributed by atoms with van der Waals surface area (Å²) in [6, 6.07) is 10.9. The second-order valence-corrected chi connectivity index (χ2v) is 5.75. The van der Waals surface area contributed by atoms with Gasteiger partial charge in [-0.1, -0.05) is 37.1 Å². The molecule has 0 spiro atoms. The van der Waals surface area contributed by atoms with Gasteiger partial charge in [0.1, 0.15) is 5.76 Å². The Balaban J connectivity index is 1.72. The van der Waals surface area contributed by atoms with Gasteiger partial charge in [-0.15, -0.1) is 0 Å². The Bertz CT molecular complexity index is 679. The summed E-state index contributed by atoms with van der Waals surface area (Å²) in [5, 5.41) is 3.01. The maximum atomic E-state index is 12.1. The molecule has 22 heavy (non-hydrogen) atoms. The third kappa shape index (κ3) is 3.11. The van der Waals surface area contributed by atoms with E-state index in [2.05, 4.69) is 5.32 Å². The molecule has 1 aliphatic carbocycles. The lowest BCUT2D eigenvalue weighted by Crippen LogP contribution is -2.32. The fraction of sp³-hybridized carbons (Fsp3) is 0.333. The standard InChI is InChI=1S/C18H19NO3/c1-12(20)13-6-8-14(9-7-13)16-10-11-17(22-16)18(21)19-15-4-2-3-5-15/h6-11,15H,2-5H2,1H3,(H,19,21). The van der Waals surface area contributed by atoms with Crippen LogP contribution in [0, 0.1) is 0 Å². The predicted octanol–water partition coefficient (Wildman–Crippen LogP) is 3.82. The SMILES string of the molecule is CC(=O)c1ccc(-c2ccc(C(=O)NC3CCCC3)o2)cc1. The van der Waals surface area contributed by atoms with E-state index < -0.39 is 0 Å². The lowest BCUT2D eigenvalue weighted by Gasteiger charge is -2.09. The number of ketones is 1. The number of amides is 1. The number of nitrogens with one attached hydrogen (secondary N) is 1. The maximum absolute atomic E-state index is 12.1. The molecule has 0 saturated heterocycles. The zero-order chi connectivity index (χ0) is 15.5. The van der Waals surface area contributed by atoms with Crippen LogP contribution in [0.2, 0.25) is 0 Å². The highest BCUT2D eigenvalue weighted by Gasteiger charge is 2.20. The number of carbonyl (C=O) groups excluding carboxylic acids is 2. The second kappa shape index (κ2) is 6.18. The molecule has 0 atom stereocenters.